The molecule has 0 saturated heterocycles. The topological polar surface area (TPSA) is 94.9 Å². The first-order valence-corrected chi connectivity index (χ1v) is 10.7. The molecule has 1 N–H and O–H groups in total. The number of carbonyl (C=O) groups excluding carboxylic acids is 1. The Balaban J connectivity index is 1.73. The van der Waals surface area contributed by atoms with Crippen LogP contribution in [0.25, 0.3) is 0 Å². The monoisotopic (exact) mass is 452 g/mol. The number of hydrazone groups is 1. The third-order valence-electron chi connectivity index (χ3n) is 4.57. The van der Waals surface area contributed by atoms with Gasteiger partial charge in [-0.2, -0.15) is 5.10 Å². The van der Waals surface area contributed by atoms with Crippen LogP contribution in [0.5, 0.6) is 17.2 Å². The number of hydrogen-bond donors (Lipinski definition) is 1. The highest BCUT2D eigenvalue weighted by atomic mass is 32.2. The molecule has 8 nitrogen and oxygen atoms in total. The molecule has 0 aliphatic rings. The molecule has 166 valence electrons. The van der Waals surface area contributed by atoms with Crippen LogP contribution in [0.2, 0.25) is 0 Å². The number of carbonyl (C=O) groups is 1. The lowest BCUT2D eigenvalue weighted by Gasteiger charge is -2.11. The van der Waals surface area contributed by atoms with Gasteiger partial charge in [0.05, 0.1) is 27.0 Å². The van der Waals surface area contributed by atoms with Gasteiger partial charge in [-0.3, -0.25) is 4.79 Å². The van der Waals surface area contributed by atoms with Gasteiger partial charge in [-0.25, -0.2) is 15.4 Å². The van der Waals surface area contributed by atoms with Crippen molar-refractivity contribution >= 4 is 23.4 Å². The Morgan fingerprint density at radius 2 is 1.59 bits per heavy atom. The number of benzene rings is 2. The van der Waals surface area contributed by atoms with Crippen molar-refractivity contribution in [2.24, 2.45) is 5.10 Å². The average molecular weight is 453 g/mol. The third-order valence-corrected chi connectivity index (χ3v) is 5.49. The molecule has 32 heavy (non-hydrogen) atoms. The van der Waals surface area contributed by atoms with Crippen LogP contribution in [0.15, 0.2) is 65.1 Å². The highest BCUT2D eigenvalue weighted by molar-refractivity contribution is 7.98. The van der Waals surface area contributed by atoms with Crippen molar-refractivity contribution < 1.29 is 19.0 Å². The molecule has 0 unspecified atom stereocenters. The molecular weight excluding hydrogens is 428 g/mol. The summed E-state index contributed by atoms with van der Waals surface area (Å²) in [6, 6.07) is 12.5. The fourth-order valence-electron chi connectivity index (χ4n) is 2.86. The Hall–Kier alpha value is -3.59. The van der Waals surface area contributed by atoms with Gasteiger partial charge in [0.1, 0.15) is 5.75 Å². The van der Waals surface area contributed by atoms with E-state index in [0.29, 0.717) is 33.7 Å². The van der Waals surface area contributed by atoms with E-state index in [1.165, 1.54) is 18.9 Å². The highest BCUT2D eigenvalue weighted by Crippen LogP contribution is 2.28. The number of nitrogens with one attached hydrogen (secondary N) is 1. The molecule has 3 rings (SSSR count). The van der Waals surface area contributed by atoms with Crippen molar-refractivity contribution in [3.05, 3.63) is 71.5 Å². The molecule has 1 amide bonds. The predicted molar refractivity (Wildman–Crippen MR) is 124 cm³/mol. The normalized spacial score (nSPS) is 11.1. The SMILES string of the molecule is COc1ccc(/C(C)=N\NC(=O)c2ccc(OC)c(OC)c2)cc1CSc1ncccn1. The number of ether oxygens (including phenoxy) is 3. The van der Waals surface area contributed by atoms with Crippen molar-refractivity contribution in [2.75, 3.05) is 21.3 Å². The van der Waals surface area contributed by atoms with Gasteiger partial charge in [0.15, 0.2) is 16.7 Å². The fraction of sp³-hybridized carbons (Fsp3) is 0.217. The minimum Gasteiger partial charge on any atom is -0.496 e. The van der Waals surface area contributed by atoms with E-state index >= 15 is 0 Å². The maximum absolute atomic E-state index is 12.5. The van der Waals surface area contributed by atoms with Gasteiger partial charge in [-0.1, -0.05) is 11.8 Å². The minimum atomic E-state index is -0.351. The maximum atomic E-state index is 12.5. The van der Waals surface area contributed by atoms with E-state index in [0.717, 1.165) is 16.9 Å². The molecule has 0 aliphatic heterocycles. The van der Waals surface area contributed by atoms with Gasteiger partial charge >= 0.3 is 0 Å². The lowest BCUT2D eigenvalue weighted by Crippen LogP contribution is -2.19. The largest absolute Gasteiger partial charge is 0.496 e. The summed E-state index contributed by atoms with van der Waals surface area (Å²) in [4.78, 5) is 21.0. The summed E-state index contributed by atoms with van der Waals surface area (Å²) in [6.07, 6.45) is 3.42. The zero-order valence-electron chi connectivity index (χ0n) is 18.3. The number of nitrogens with zero attached hydrogens (tertiary/aromatic N) is 3. The summed E-state index contributed by atoms with van der Waals surface area (Å²) in [5.41, 5.74) is 5.49. The fourth-order valence-corrected chi connectivity index (χ4v) is 3.64. The molecule has 1 heterocycles. The summed E-state index contributed by atoms with van der Waals surface area (Å²) >= 11 is 1.51. The second-order valence-corrected chi connectivity index (χ2v) is 7.50. The van der Waals surface area contributed by atoms with Gasteiger partial charge in [0.2, 0.25) is 0 Å². The second kappa shape index (κ2) is 11.1. The van der Waals surface area contributed by atoms with E-state index in [-0.39, 0.29) is 5.91 Å². The predicted octanol–water partition coefficient (Wildman–Crippen LogP) is 3.95. The van der Waals surface area contributed by atoms with E-state index in [1.807, 2.05) is 25.1 Å². The first-order chi connectivity index (χ1) is 15.5. The van der Waals surface area contributed by atoms with Gasteiger partial charge < -0.3 is 14.2 Å². The number of rotatable bonds is 9. The molecule has 0 fully saturated rings. The summed E-state index contributed by atoms with van der Waals surface area (Å²) in [7, 11) is 4.69. The lowest BCUT2D eigenvalue weighted by molar-refractivity contribution is 0.0954. The average Bonchev–Trinajstić information content (AvgIpc) is 2.85. The highest BCUT2D eigenvalue weighted by Gasteiger charge is 2.12. The summed E-state index contributed by atoms with van der Waals surface area (Å²) < 4.78 is 15.9. The molecule has 0 saturated carbocycles. The molecule has 2 aromatic carbocycles. The number of thioether (sulfide) groups is 1. The molecule has 0 aliphatic carbocycles. The van der Waals surface area contributed by atoms with Crippen LogP contribution in [0.3, 0.4) is 0 Å². The van der Waals surface area contributed by atoms with Crippen LogP contribution >= 0.6 is 11.8 Å². The van der Waals surface area contributed by atoms with Crippen LogP contribution in [-0.2, 0) is 5.75 Å². The first-order valence-electron chi connectivity index (χ1n) is 9.69. The quantitative estimate of drug-likeness (QED) is 0.227. The van der Waals surface area contributed by atoms with Crippen LogP contribution < -0.4 is 19.6 Å². The first kappa shape index (κ1) is 23.1. The van der Waals surface area contributed by atoms with E-state index < -0.39 is 0 Å². The summed E-state index contributed by atoms with van der Waals surface area (Å²) in [5.74, 6) is 2.07. The Morgan fingerprint density at radius 1 is 0.938 bits per heavy atom. The Labute approximate surface area is 191 Å². The van der Waals surface area contributed by atoms with Crippen LogP contribution in [-0.4, -0.2) is 42.9 Å². The van der Waals surface area contributed by atoms with Crippen LogP contribution in [0.1, 0.15) is 28.4 Å². The maximum Gasteiger partial charge on any atom is 0.271 e. The molecule has 0 bridgehead atoms. The van der Waals surface area contributed by atoms with E-state index in [4.69, 9.17) is 14.2 Å². The van der Waals surface area contributed by atoms with Crippen molar-refractivity contribution in [2.45, 2.75) is 17.8 Å². The number of hydrogen-bond acceptors (Lipinski definition) is 8. The van der Waals surface area contributed by atoms with E-state index in [9.17, 15) is 4.79 Å². The van der Waals surface area contributed by atoms with Crippen molar-refractivity contribution in [1.29, 1.82) is 0 Å². The zero-order chi connectivity index (χ0) is 22.9. The van der Waals surface area contributed by atoms with Crippen molar-refractivity contribution in [3.8, 4) is 17.2 Å². The molecule has 3 aromatic rings. The van der Waals surface area contributed by atoms with Gasteiger partial charge in [-0.15, -0.1) is 0 Å². The minimum absolute atomic E-state index is 0.351. The van der Waals surface area contributed by atoms with Crippen molar-refractivity contribution in [3.63, 3.8) is 0 Å². The third kappa shape index (κ3) is 5.76. The van der Waals surface area contributed by atoms with Crippen molar-refractivity contribution in [1.82, 2.24) is 15.4 Å². The number of aromatic nitrogens is 2. The molecule has 0 atom stereocenters. The lowest BCUT2D eigenvalue weighted by atomic mass is 10.1. The van der Waals surface area contributed by atoms with Gasteiger partial charge in [-0.05, 0) is 55.0 Å². The summed E-state index contributed by atoms with van der Waals surface area (Å²) in [5, 5.41) is 4.94. The smallest absolute Gasteiger partial charge is 0.271 e. The molecule has 0 radical (unpaired) electrons. The van der Waals surface area contributed by atoms with Gasteiger partial charge in [0, 0.05) is 29.3 Å². The second-order valence-electron chi connectivity index (χ2n) is 6.55. The standard InChI is InChI=1S/C23H24N4O4S/c1-15(26-27-22(28)17-7-9-20(30-3)21(13-17)31-4)16-6-8-19(29-2)18(12-16)14-32-23-24-10-5-11-25-23/h5-13H,14H2,1-4H3,(H,27,28)/b26-15-. The zero-order valence-corrected chi connectivity index (χ0v) is 19.1. The Kier molecular flexibility index (Phi) is 8.04. The summed E-state index contributed by atoms with van der Waals surface area (Å²) in [6.45, 7) is 1.83. The van der Waals surface area contributed by atoms with Crippen LogP contribution in [0, 0.1) is 0 Å². The molecule has 0 spiro atoms. The van der Waals surface area contributed by atoms with E-state index in [1.54, 1.807) is 50.9 Å². The van der Waals surface area contributed by atoms with Gasteiger partial charge in [0.25, 0.3) is 5.91 Å². The molecule has 9 heteroatoms. The molecular formula is C23H24N4O4S. The Morgan fingerprint density at radius 3 is 2.28 bits per heavy atom. The Bertz CT molecular complexity index is 1110. The number of amides is 1. The number of methoxy groups -OCH3 is 3. The molecule has 1 aromatic heterocycles. The van der Waals surface area contributed by atoms with E-state index in [2.05, 4.69) is 20.5 Å². The van der Waals surface area contributed by atoms with Crippen LogP contribution in [0.4, 0.5) is 0 Å².